The Kier molecular flexibility index (Phi) is 1.67. The maximum Gasteiger partial charge on any atom is 0.0995 e. The van der Waals surface area contributed by atoms with Gasteiger partial charge in [-0.05, 0) is 18.4 Å². The van der Waals surface area contributed by atoms with Gasteiger partial charge >= 0.3 is 0 Å². The molecule has 1 aromatic rings. The third kappa shape index (κ3) is 1.20. The zero-order chi connectivity index (χ0) is 8.84. The molecule has 13 heavy (non-hydrogen) atoms. The highest BCUT2D eigenvalue weighted by Crippen LogP contribution is 2.46. The third-order valence-electron chi connectivity index (χ3n) is 3.04. The Morgan fingerprint density at radius 1 is 1.62 bits per heavy atom. The fourth-order valence-corrected chi connectivity index (χ4v) is 3.05. The van der Waals surface area contributed by atoms with Gasteiger partial charge in [-0.1, -0.05) is 0 Å². The fraction of sp³-hybridized carbons (Fsp3) is 0.667. The molecule has 1 aromatic heterocycles. The van der Waals surface area contributed by atoms with Gasteiger partial charge in [0.15, 0.2) is 0 Å². The molecule has 2 heterocycles. The third-order valence-corrected chi connectivity index (χ3v) is 4.10. The van der Waals surface area contributed by atoms with Gasteiger partial charge in [0, 0.05) is 16.9 Å². The molecule has 0 radical (unpaired) electrons. The zero-order valence-electron chi connectivity index (χ0n) is 7.23. The molecule has 1 aliphatic carbocycles. The summed E-state index contributed by atoms with van der Waals surface area (Å²) in [6.07, 6.45) is 3.73. The number of H-pyrrole nitrogens is 1. The van der Waals surface area contributed by atoms with Crippen LogP contribution in [0, 0.1) is 5.92 Å². The summed E-state index contributed by atoms with van der Waals surface area (Å²) < 4.78 is 0. The largest absolute Gasteiger partial charge is 0.386 e. The number of fused-ring (bicyclic) bond motifs is 1. The van der Waals surface area contributed by atoms with Crippen molar-refractivity contribution >= 4 is 11.8 Å². The van der Waals surface area contributed by atoms with Crippen molar-refractivity contribution in [2.24, 2.45) is 5.92 Å². The molecule has 4 heteroatoms. The summed E-state index contributed by atoms with van der Waals surface area (Å²) in [7, 11) is 0. The lowest BCUT2D eigenvalue weighted by atomic mass is 9.84. The number of aromatic amines is 1. The van der Waals surface area contributed by atoms with Crippen molar-refractivity contribution in [3.63, 3.8) is 0 Å². The second kappa shape index (κ2) is 2.75. The van der Waals surface area contributed by atoms with Crippen LogP contribution in [0.3, 0.4) is 0 Å². The highest BCUT2D eigenvalue weighted by Gasteiger charge is 2.40. The van der Waals surface area contributed by atoms with Crippen LogP contribution < -0.4 is 0 Å². The second-order valence-corrected chi connectivity index (χ2v) is 5.10. The number of aromatic nitrogens is 2. The predicted octanol–water partition coefficient (Wildman–Crippen LogP) is 1.12. The van der Waals surface area contributed by atoms with E-state index in [4.69, 9.17) is 0 Å². The van der Waals surface area contributed by atoms with E-state index in [0.29, 0.717) is 11.2 Å². The standard InChI is InChI=1S/C9H12N2OS/c12-9-6(7-4-13-7)2-1-5-3-10-11-8(5)9/h3,6-7,9,12H,1-2,4H2,(H,10,11). The van der Waals surface area contributed by atoms with E-state index in [9.17, 15) is 5.11 Å². The lowest BCUT2D eigenvalue weighted by Crippen LogP contribution is -2.23. The molecule has 3 nitrogen and oxygen atoms in total. The first-order valence-electron chi connectivity index (χ1n) is 4.68. The summed E-state index contributed by atoms with van der Waals surface area (Å²) in [6.45, 7) is 0. The summed E-state index contributed by atoms with van der Waals surface area (Å²) in [6, 6.07) is 0. The van der Waals surface area contributed by atoms with Crippen molar-refractivity contribution in [3.8, 4) is 0 Å². The molecule has 3 rings (SSSR count). The number of thioether (sulfide) groups is 1. The van der Waals surface area contributed by atoms with Crippen molar-refractivity contribution < 1.29 is 5.11 Å². The van der Waals surface area contributed by atoms with E-state index in [0.717, 1.165) is 18.5 Å². The number of aryl methyl sites for hydroxylation is 1. The maximum atomic E-state index is 10.0. The van der Waals surface area contributed by atoms with E-state index in [2.05, 4.69) is 10.2 Å². The Labute approximate surface area is 80.9 Å². The first-order chi connectivity index (χ1) is 6.36. The van der Waals surface area contributed by atoms with Crippen LogP contribution in [0.2, 0.25) is 0 Å². The molecular weight excluding hydrogens is 184 g/mol. The summed E-state index contributed by atoms with van der Waals surface area (Å²) in [5.74, 6) is 1.68. The topological polar surface area (TPSA) is 48.9 Å². The fourth-order valence-electron chi connectivity index (χ4n) is 2.16. The molecule has 1 fully saturated rings. The van der Waals surface area contributed by atoms with E-state index >= 15 is 0 Å². The number of hydrogen-bond donors (Lipinski definition) is 2. The van der Waals surface area contributed by atoms with Gasteiger partial charge in [-0.3, -0.25) is 5.10 Å². The minimum atomic E-state index is -0.300. The monoisotopic (exact) mass is 196 g/mol. The highest BCUT2D eigenvalue weighted by atomic mass is 32.2. The Bertz CT molecular complexity index is 321. The molecule has 0 saturated carbocycles. The first-order valence-corrected chi connectivity index (χ1v) is 5.73. The molecule has 0 amide bonds. The number of rotatable bonds is 1. The summed E-state index contributed by atoms with van der Waals surface area (Å²) in [4.78, 5) is 0. The zero-order valence-corrected chi connectivity index (χ0v) is 8.05. The van der Waals surface area contributed by atoms with Crippen LogP contribution in [-0.4, -0.2) is 26.3 Å². The normalized spacial score (nSPS) is 37.2. The predicted molar refractivity (Wildman–Crippen MR) is 51.6 cm³/mol. The van der Waals surface area contributed by atoms with E-state index in [1.165, 1.54) is 11.3 Å². The van der Waals surface area contributed by atoms with Gasteiger partial charge < -0.3 is 5.11 Å². The molecular formula is C9H12N2OS. The quantitative estimate of drug-likeness (QED) is 0.662. The van der Waals surface area contributed by atoms with Crippen LogP contribution in [0.25, 0.3) is 0 Å². The van der Waals surface area contributed by atoms with Crippen LogP contribution in [0.5, 0.6) is 0 Å². The Morgan fingerprint density at radius 2 is 2.46 bits per heavy atom. The minimum Gasteiger partial charge on any atom is -0.386 e. The van der Waals surface area contributed by atoms with Crippen molar-refractivity contribution in [3.05, 3.63) is 17.5 Å². The van der Waals surface area contributed by atoms with Gasteiger partial charge in [0.05, 0.1) is 18.0 Å². The Balaban J connectivity index is 1.91. The SMILES string of the molecule is OC1c2[nH]ncc2CCC1C1CS1. The highest BCUT2D eigenvalue weighted by molar-refractivity contribution is 8.06. The van der Waals surface area contributed by atoms with E-state index in [1.807, 2.05) is 18.0 Å². The second-order valence-electron chi connectivity index (χ2n) is 3.83. The van der Waals surface area contributed by atoms with Crippen LogP contribution in [0.1, 0.15) is 23.8 Å². The Hall–Kier alpha value is -0.480. The average Bonchev–Trinajstić information content (AvgIpc) is 2.83. The Morgan fingerprint density at radius 3 is 3.23 bits per heavy atom. The van der Waals surface area contributed by atoms with Gasteiger partial charge in [0.2, 0.25) is 0 Å². The maximum absolute atomic E-state index is 10.0. The van der Waals surface area contributed by atoms with Gasteiger partial charge in [-0.15, -0.1) is 0 Å². The lowest BCUT2D eigenvalue weighted by molar-refractivity contribution is 0.0943. The molecule has 70 valence electrons. The van der Waals surface area contributed by atoms with Crippen LogP contribution in [-0.2, 0) is 6.42 Å². The summed E-state index contributed by atoms with van der Waals surface area (Å²) >= 11 is 1.96. The molecule has 1 saturated heterocycles. The molecule has 2 N–H and O–H groups in total. The summed E-state index contributed by atoms with van der Waals surface area (Å²) in [5, 5.41) is 17.6. The van der Waals surface area contributed by atoms with Gasteiger partial charge in [0.1, 0.15) is 0 Å². The van der Waals surface area contributed by atoms with Crippen LogP contribution >= 0.6 is 11.8 Å². The number of nitrogens with one attached hydrogen (secondary N) is 1. The molecule has 0 bridgehead atoms. The number of nitrogens with zero attached hydrogens (tertiary/aromatic N) is 1. The molecule has 0 spiro atoms. The van der Waals surface area contributed by atoms with Gasteiger partial charge in [-0.2, -0.15) is 16.9 Å². The average molecular weight is 196 g/mol. The van der Waals surface area contributed by atoms with E-state index in [1.54, 1.807) is 0 Å². The summed E-state index contributed by atoms with van der Waals surface area (Å²) in [5.41, 5.74) is 2.16. The molecule has 3 unspecified atom stereocenters. The van der Waals surface area contributed by atoms with Crippen molar-refractivity contribution in [1.29, 1.82) is 0 Å². The molecule has 1 aliphatic heterocycles. The van der Waals surface area contributed by atoms with Gasteiger partial charge in [-0.25, -0.2) is 0 Å². The lowest BCUT2D eigenvalue weighted by Gasteiger charge is -2.26. The minimum absolute atomic E-state index is 0.300. The van der Waals surface area contributed by atoms with Gasteiger partial charge in [0.25, 0.3) is 0 Å². The molecule has 2 aliphatic rings. The molecule has 0 aromatic carbocycles. The number of aliphatic hydroxyl groups excluding tert-OH is 1. The van der Waals surface area contributed by atoms with Crippen molar-refractivity contribution in [1.82, 2.24) is 10.2 Å². The molecule has 3 atom stereocenters. The van der Waals surface area contributed by atoms with Crippen LogP contribution in [0.15, 0.2) is 6.20 Å². The van der Waals surface area contributed by atoms with E-state index < -0.39 is 0 Å². The van der Waals surface area contributed by atoms with Crippen molar-refractivity contribution in [2.45, 2.75) is 24.2 Å². The smallest absolute Gasteiger partial charge is 0.0995 e. The first kappa shape index (κ1) is 7.88. The van der Waals surface area contributed by atoms with E-state index in [-0.39, 0.29) is 6.10 Å². The number of hydrogen-bond acceptors (Lipinski definition) is 3. The number of aliphatic hydroxyl groups is 1. The van der Waals surface area contributed by atoms with Crippen molar-refractivity contribution in [2.75, 3.05) is 5.75 Å². The van der Waals surface area contributed by atoms with Crippen LogP contribution in [0.4, 0.5) is 0 Å².